The van der Waals surface area contributed by atoms with E-state index in [2.05, 4.69) is 13.3 Å². The van der Waals surface area contributed by atoms with Crippen molar-refractivity contribution >= 4 is 8.80 Å². The third-order valence-corrected chi connectivity index (χ3v) is 6.23. The van der Waals surface area contributed by atoms with Crippen LogP contribution in [0.3, 0.4) is 0 Å². The van der Waals surface area contributed by atoms with Crippen LogP contribution in [0.15, 0.2) is 0 Å². The Hall–Kier alpha value is -0.673. The van der Waals surface area contributed by atoms with Gasteiger partial charge in [0.2, 0.25) is 0 Å². The van der Waals surface area contributed by atoms with Gasteiger partial charge in [-0.2, -0.15) is 39.5 Å². The molecule has 152 valence electrons. The van der Waals surface area contributed by atoms with E-state index in [-0.39, 0.29) is 0 Å². The number of halogens is 11. The second-order valence-electron chi connectivity index (χ2n) is 4.74. The highest BCUT2D eigenvalue weighted by atomic mass is 28.4. The molecule has 15 heteroatoms. The molecule has 0 amide bonds. The molecule has 0 rings (SSSR count). The van der Waals surface area contributed by atoms with E-state index >= 15 is 0 Å². The molecule has 0 spiro atoms. The van der Waals surface area contributed by atoms with Gasteiger partial charge in [-0.05, 0) is 0 Å². The Kier molecular flexibility index (Phi) is 6.96. The van der Waals surface area contributed by atoms with Gasteiger partial charge in [-0.15, -0.1) is 0 Å². The Morgan fingerprint density at radius 1 is 0.600 bits per heavy atom. The van der Waals surface area contributed by atoms with Gasteiger partial charge in [0, 0.05) is 33.8 Å². The second-order valence-corrected chi connectivity index (χ2v) is 7.83. The van der Waals surface area contributed by atoms with E-state index in [1.807, 2.05) is 0 Å². The van der Waals surface area contributed by atoms with Crippen LogP contribution in [-0.2, 0) is 13.3 Å². The monoisotopic (exact) mass is 418 g/mol. The maximum Gasteiger partial charge on any atom is 0.500 e. The summed E-state index contributed by atoms with van der Waals surface area (Å²) in [5.74, 6) is -6.31. The van der Waals surface area contributed by atoms with Crippen molar-refractivity contribution in [2.45, 2.75) is 36.9 Å². The first-order valence-electron chi connectivity index (χ1n) is 6.12. The number of alkyl halides is 11. The lowest BCUT2D eigenvalue weighted by molar-refractivity contribution is -0.475. The van der Waals surface area contributed by atoms with Gasteiger partial charge in [0.25, 0.3) is 5.92 Å². The molecule has 0 saturated heterocycles. The van der Waals surface area contributed by atoms with Gasteiger partial charge in [-0.3, -0.25) is 0 Å². The van der Waals surface area contributed by atoms with Gasteiger partial charge in [0.1, 0.15) is 0 Å². The average Bonchev–Trinajstić information content (AvgIpc) is 2.35. The van der Waals surface area contributed by atoms with Crippen molar-refractivity contribution in [2.24, 2.45) is 5.41 Å². The fraction of sp³-hybridized carbons (Fsp3) is 1.00. The molecule has 0 aromatic rings. The van der Waals surface area contributed by atoms with Crippen LogP contribution >= 0.6 is 0 Å². The average molecular weight is 418 g/mol. The summed E-state index contributed by atoms with van der Waals surface area (Å²) in [5, 5.41) is 0. The molecule has 0 aliphatic rings. The highest BCUT2D eigenvalue weighted by molar-refractivity contribution is 6.60. The van der Waals surface area contributed by atoms with Gasteiger partial charge in [-0.1, -0.05) is 0 Å². The Morgan fingerprint density at radius 2 is 0.880 bits per heavy atom. The van der Waals surface area contributed by atoms with E-state index in [1.165, 1.54) is 0 Å². The molecule has 0 unspecified atom stereocenters. The molecule has 0 N–H and O–H groups in total. The van der Waals surface area contributed by atoms with Crippen molar-refractivity contribution in [1.82, 2.24) is 0 Å². The van der Waals surface area contributed by atoms with E-state index in [0.29, 0.717) is 0 Å². The minimum atomic E-state index is -7.37. The smallest absolute Gasteiger partial charge is 0.377 e. The van der Waals surface area contributed by atoms with Gasteiger partial charge in [-0.25, -0.2) is 8.78 Å². The summed E-state index contributed by atoms with van der Waals surface area (Å²) in [7, 11) is -1.78. The fourth-order valence-electron chi connectivity index (χ4n) is 2.16. The number of rotatable bonds is 7. The SMILES string of the molecule is CO[Si](CCC(F)(F)C(C(F)(F)F)(C(F)(F)F)C(F)(F)F)(OC)OC. The predicted octanol–water partition coefficient (Wildman–Crippen LogP) is 4.56. The zero-order valence-corrected chi connectivity index (χ0v) is 13.8. The first-order chi connectivity index (χ1) is 10.9. The predicted molar refractivity (Wildman–Crippen MR) is 61.8 cm³/mol. The summed E-state index contributed by atoms with van der Waals surface area (Å²) in [6, 6.07) is -1.42. The molecule has 0 saturated carbocycles. The van der Waals surface area contributed by atoms with Crippen LogP contribution in [0.5, 0.6) is 0 Å². The van der Waals surface area contributed by atoms with Gasteiger partial charge < -0.3 is 13.3 Å². The normalized spacial score (nSPS) is 15.6. The Labute approximate surface area is 135 Å². The molecular formula is C10H13F11O3Si. The van der Waals surface area contributed by atoms with Gasteiger partial charge >= 0.3 is 32.7 Å². The summed E-state index contributed by atoms with van der Waals surface area (Å²) >= 11 is 0. The van der Waals surface area contributed by atoms with E-state index in [1.54, 1.807) is 0 Å². The molecule has 0 aliphatic carbocycles. The summed E-state index contributed by atoms with van der Waals surface area (Å²) in [5.41, 5.74) is -7.25. The van der Waals surface area contributed by atoms with Crippen molar-refractivity contribution in [2.75, 3.05) is 21.3 Å². The Morgan fingerprint density at radius 3 is 1.08 bits per heavy atom. The van der Waals surface area contributed by atoms with E-state index in [0.717, 1.165) is 21.3 Å². The second kappa shape index (κ2) is 7.15. The third-order valence-electron chi connectivity index (χ3n) is 3.50. The fourth-order valence-corrected chi connectivity index (χ4v) is 3.89. The van der Waals surface area contributed by atoms with Crippen LogP contribution in [0.1, 0.15) is 6.42 Å². The lowest BCUT2D eigenvalue weighted by Crippen LogP contribution is -2.69. The molecular weight excluding hydrogens is 405 g/mol. The van der Waals surface area contributed by atoms with Crippen LogP contribution in [0.4, 0.5) is 48.3 Å². The molecule has 3 nitrogen and oxygen atoms in total. The van der Waals surface area contributed by atoms with Crippen molar-refractivity contribution in [3.05, 3.63) is 0 Å². The van der Waals surface area contributed by atoms with Crippen LogP contribution in [0, 0.1) is 5.41 Å². The quantitative estimate of drug-likeness (QED) is 0.448. The highest BCUT2D eigenvalue weighted by Crippen LogP contribution is 2.67. The first-order valence-corrected chi connectivity index (χ1v) is 8.05. The standard InChI is InChI=1S/C10H13F11O3Si/c1-22-25(23-2,24-3)5-4-6(11,12)7(8(13,14)15,9(16,17)18)10(19,20)21/h4-5H2,1-3H3. The first kappa shape index (κ1) is 24.3. The summed E-state index contributed by atoms with van der Waals surface area (Å²) in [4.78, 5) is 0. The topological polar surface area (TPSA) is 27.7 Å². The van der Waals surface area contributed by atoms with Crippen molar-refractivity contribution in [3.8, 4) is 0 Å². The zero-order chi connectivity index (χ0) is 20.5. The zero-order valence-electron chi connectivity index (χ0n) is 12.8. The molecule has 0 heterocycles. The molecule has 0 aromatic carbocycles. The number of hydrogen-bond acceptors (Lipinski definition) is 3. The molecule has 0 fully saturated rings. The minimum absolute atomic E-state index is 0.794. The van der Waals surface area contributed by atoms with E-state index in [9.17, 15) is 48.3 Å². The maximum atomic E-state index is 13.9. The molecule has 0 aliphatic heterocycles. The molecule has 0 aromatic heterocycles. The van der Waals surface area contributed by atoms with Crippen molar-refractivity contribution in [1.29, 1.82) is 0 Å². The molecule has 0 radical (unpaired) electrons. The van der Waals surface area contributed by atoms with Crippen LogP contribution in [0.25, 0.3) is 0 Å². The van der Waals surface area contributed by atoms with Crippen molar-refractivity contribution in [3.63, 3.8) is 0 Å². The summed E-state index contributed by atoms with van der Waals surface area (Å²) < 4.78 is 156. The lowest BCUT2D eigenvalue weighted by Gasteiger charge is -2.43. The Balaban J connectivity index is 6.29. The van der Waals surface area contributed by atoms with Crippen LogP contribution in [0.2, 0.25) is 6.04 Å². The van der Waals surface area contributed by atoms with Crippen LogP contribution < -0.4 is 0 Å². The Bertz CT molecular complexity index is 395. The van der Waals surface area contributed by atoms with Gasteiger partial charge in [0.05, 0.1) is 0 Å². The largest absolute Gasteiger partial charge is 0.500 e. The molecule has 0 bridgehead atoms. The summed E-state index contributed by atoms with van der Waals surface area (Å²) in [6.45, 7) is 0. The maximum absolute atomic E-state index is 13.9. The van der Waals surface area contributed by atoms with Gasteiger partial charge in [0.15, 0.2) is 0 Å². The van der Waals surface area contributed by atoms with E-state index < -0.39 is 51.1 Å². The summed E-state index contributed by atoms with van der Waals surface area (Å²) in [6.07, 6.45) is -24.6. The lowest BCUT2D eigenvalue weighted by atomic mass is 9.77. The molecule has 25 heavy (non-hydrogen) atoms. The van der Waals surface area contributed by atoms with Crippen molar-refractivity contribution < 1.29 is 61.6 Å². The minimum Gasteiger partial charge on any atom is -0.377 e. The number of hydrogen-bond donors (Lipinski definition) is 0. The highest BCUT2D eigenvalue weighted by Gasteiger charge is 2.92. The third kappa shape index (κ3) is 4.03. The van der Waals surface area contributed by atoms with Crippen LogP contribution in [-0.4, -0.2) is 54.6 Å². The van der Waals surface area contributed by atoms with E-state index in [4.69, 9.17) is 0 Å². The molecule has 0 atom stereocenters.